The molecule has 0 radical (unpaired) electrons. The lowest BCUT2D eigenvalue weighted by atomic mass is 9.91. The van der Waals surface area contributed by atoms with Crippen molar-refractivity contribution in [2.24, 2.45) is 0 Å². The Morgan fingerprint density at radius 3 is 2.33 bits per heavy atom. The van der Waals surface area contributed by atoms with E-state index in [9.17, 15) is 4.79 Å². The van der Waals surface area contributed by atoms with E-state index in [1.807, 2.05) is 12.1 Å². The summed E-state index contributed by atoms with van der Waals surface area (Å²) in [5, 5.41) is 0. The maximum absolute atomic E-state index is 12.0. The van der Waals surface area contributed by atoms with Gasteiger partial charge in [-0.05, 0) is 33.5 Å². The quantitative estimate of drug-likeness (QED) is 0.707. The molecule has 0 saturated carbocycles. The third-order valence-electron chi connectivity index (χ3n) is 3.27. The number of ketones is 1. The summed E-state index contributed by atoms with van der Waals surface area (Å²) in [5.41, 5.74) is 2.51. The zero-order chi connectivity index (χ0) is 10.6. The number of hydrogen-bond acceptors (Lipinski definition) is 1. The molecule has 3 heteroatoms. The Balaban J connectivity index is 2.26. The van der Waals surface area contributed by atoms with Crippen LogP contribution in [0.15, 0.2) is 33.2 Å². The maximum Gasteiger partial charge on any atom is 0.178 e. The Morgan fingerprint density at radius 1 is 1.07 bits per heavy atom. The van der Waals surface area contributed by atoms with Crippen LogP contribution in [0.1, 0.15) is 29.4 Å². The molecule has 2 bridgehead atoms. The summed E-state index contributed by atoms with van der Waals surface area (Å²) in [5.74, 6) is 0.656. The van der Waals surface area contributed by atoms with Crippen LogP contribution >= 0.6 is 31.9 Å². The molecule has 76 valence electrons. The molecule has 0 aromatic heterocycles. The second-order valence-corrected chi connectivity index (χ2v) is 5.64. The first kappa shape index (κ1) is 9.79. The van der Waals surface area contributed by atoms with Crippen molar-refractivity contribution in [3.63, 3.8) is 0 Å². The van der Waals surface area contributed by atoms with Crippen LogP contribution in [0.4, 0.5) is 0 Å². The first-order valence-electron chi connectivity index (χ1n) is 4.88. The summed E-state index contributed by atoms with van der Waals surface area (Å²) in [6.07, 6.45) is 0.924. The number of carbonyl (C=O) groups is 1. The molecule has 0 fully saturated rings. The zero-order valence-corrected chi connectivity index (χ0v) is 11.0. The van der Waals surface area contributed by atoms with Crippen LogP contribution in [0, 0.1) is 0 Å². The van der Waals surface area contributed by atoms with Crippen LogP contribution in [0.25, 0.3) is 0 Å². The molecule has 2 aliphatic rings. The predicted molar refractivity (Wildman–Crippen MR) is 66.4 cm³/mol. The number of benzene rings is 1. The molecule has 0 N–H and O–H groups in total. The van der Waals surface area contributed by atoms with E-state index < -0.39 is 0 Å². The Bertz CT molecular complexity index is 490. The molecular weight excluding hydrogens is 320 g/mol. The molecule has 2 unspecified atom stereocenters. The number of rotatable bonds is 0. The highest BCUT2D eigenvalue weighted by molar-refractivity contribution is 9.14. The largest absolute Gasteiger partial charge is 0.293 e. The number of Topliss-reactive ketones (excluding diaryl/α,β-unsaturated/α-hetero) is 1. The highest BCUT2D eigenvalue weighted by atomic mass is 79.9. The summed E-state index contributed by atoms with van der Waals surface area (Å²) >= 11 is 6.91. The van der Waals surface area contributed by atoms with Crippen molar-refractivity contribution in [2.45, 2.75) is 18.3 Å². The lowest BCUT2D eigenvalue weighted by molar-refractivity contribution is -0.116. The molecule has 0 heterocycles. The minimum absolute atomic E-state index is 0.0712. The lowest BCUT2D eigenvalue weighted by Crippen LogP contribution is -2.15. The fourth-order valence-corrected chi connectivity index (χ4v) is 3.73. The van der Waals surface area contributed by atoms with Gasteiger partial charge < -0.3 is 0 Å². The number of allylic oxidation sites excluding steroid dienone is 2. The van der Waals surface area contributed by atoms with Crippen LogP contribution in [0.2, 0.25) is 0 Å². The van der Waals surface area contributed by atoms with Gasteiger partial charge in [0.25, 0.3) is 0 Å². The van der Waals surface area contributed by atoms with Crippen molar-refractivity contribution in [3.8, 4) is 0 Å². The molecule has 0 saturated heterocycles. The van der Waals surface area contributed by atoms with Gasteiger partial charge in [-0.15, -0.1) is 0 Å². The highest BCUT2D eigenvalue weighted by Crippen LogP contribution is 2.53. The van der Waals surface area contributed by atoms with Crippen molar-refractivity contribution in [1.29, 1.82) is 0 Å². The Morgan fingerprint density at radius 2 is 1.67 bits per heavy atom. The van der Waals surface area contributed by atoms with E-state index in [1.165, 1.54) is 11.1 Å². The van der Waals surface area contributed by atoms with Crippen molar-refractivity contribution in [3.05, 3.63) is 44.4 Å². The summed E-state index contributed by atoms with van der Waals surface area (Å²) in [4.78, 5) is 12.0. The van der Waals surface area contributed by atoms with Gasteiger partial charge >= 0.3 is 0 Å². The monoisotopic (exact) mass is 326 g/mol. The molecule has 2 atom stereocenters. The topological polar surface area (TPSA) is 17.1 Å². The molecule has 0 amide bonds. The average molecular weight is 328 g/mol. The zero-order valence-electron chi connectivity index (χ0n) is 7.84. The van der Waals surface area contributed by atoms with E-state index in [2.05, 4.69) is 44.0 Å². The van der Waals surface area contributed by atoms with Gasteiger partial charge in [0.2, 0.25) is 0 Å². The molecule has 2 aliphatic carbocycles. The van der Waals surface area contributed by atoms with Crippen LogP contribution in [0.5, 0.6) is 0 Å². The van der Waals surface area contributed by atoms with Crippen LogP contribution in [-0.2, 0) is 4.79 Å². The van der Waals surface area contributed by atoms with Gasteiger partial charge in [-0.3, -0.25) is 4.79 Å². The van der Waals surface area contributed by atoms with Crippen molar-refractivity contribution < 1.29 is 4.79 Å². The summed E-state index contributed by atoms with van der Waals surface area (Å²) in [6.45, 7) is 0. The van der Waals surface area contributed by atoms with Crippen LogP contribution in [-0.4, -0.2) is 5.78 Å². The summed E-state index contributed by atoms with van der Waals surface area (Å²) < 4.78 is 1.73. The van der Waals surface area contributed by atoms with Gasteiger partial charge in [0.15, 0.2) is 5.78 Å². The summed E-state index contributed by atoms with van der Waals surface area (Å²) in [7, 11) is 0. The smallest absolute Gasteiger partial charge is 0.178 e. The van der Waals surface area contributed by atoms with Gasteiger partial charge in [-0.25, -0.2) is 0 Å². The Kier molecular flexibility index (Phi) is 2.15. The maximum atomic E-state index is 12.0. The molecule has 15 heavy (non-hydrogen) atoms. The van der Waals surface area contributed by atoms with Gasteiger partial charge in [-0.2, -0.15) is 0 Å². The fraction of sp³-hybridized carbons (Fsp3) is 0.250. The number of hydrogen-bond donors (Lipinski definition) is 0. The molecule has 0 aliphatic heterocycles. The molecule has 3 rings (SSSR count). The second kappa shape index (κ2) is 3.29. The van der Waals surface area contributed by atoms with E-state index in [0.717, 1.165) is 15.4 Å². The SMILES string of the molecule is O=C1C(Br)=C(Br)C2CC1c1ccccc12. The number of carbonyl (C=O) groups excluding carboxylic acids is 1. The molecule has 0 spiro atoms. The lowest BCUT2D eigenvalue weighted by Gasteiger charge is -2.18. The molecule has 1 nitrogen and oxygen atoms in total. The van der Waals surface area contributed by atoms with Crippen LogP contribution in [0.3, 0.4) is 0 Å². The van der Waals surface area contributed by atoms with Crippen molar-refractivity contribution in [2.75, 3.05) is 0 Å². The third-order valence-corrected chi connectivity index (χ3v) is 5.57. The predicted octanol–water partition coefficient (Wildman–Crippen LogP) is 3.84. The van der Waals surface area contributed by atoms with Gasteiger partial charge in [0.1, 0.15) is 0 Å². The van der Waals surface area contributed by atoms with Crippen molar-refractivity contribution >= 4 is 37.6 Å². The number of fused-ring (bicyclic) bond motifs is 5. The first-order chi connectivity index (χ1) is 7.20. The van der Waals surface area contributed by atoms with E-state index in [4.69, 9.17) is 0 Å². The van der Waals surface area contributed by atoms with E-state index >= 15 is 0 Å². The number of halogens is 2. The van der Waals surface area contributed by atoms with Gasteiger partial charge in [-0.1, -0.05) is 40.2 Å². The Hall–Kier alpha value is -0.410. The fourth-order valence-electron chi connectivity index (χ4n) is 2.55. The Labute approximate surface area is 105 Å². The summed E-state index contributed by atoms with van der Waals surface area (Å²) in [6, 6.07) is 8.25. The van der Waals surface area contributed by atoms with E-state index in [-0.39, 0.29) is 11.7 Å². The minimum atomic E-state index is 0.0712. The van der Waals surface area contributed by atoms with E-state index in [1.54, 1.807) is 0 Å². The average Bonchev–Trinajstić information content (AvgIpc) is 2.62. The normalized spacial score (nSPS) is 28.3. The highest BCUT2D eigenvalue weighted by Gasteiger charge is 2.42. The van der Waals surface area contributed by atoms with Gasteiger partial charge in [0.05, 0.1) is 4.48 Å². The minimum Gasteiger partial charge on any atom is -0.293 e. The van der Waals surface area contributed by atoms with Gasteiger partial charge in [0, 0.05) is 16.3 Å². The standard InChI is InChI=1S/C12H8Br2O/c13-10-8-5-9(12(15)11(10)14)7-4-2-1-3-6(7)8/h1-4,8-9H,5H2. The third kappa shape index (κ3) is 1.23. The molecule has 1 aromatic rings. The van der Waals surface area contributed by atoms with Crippen LogP contribution < -0.4 is 0 Å². The first-order valence-corrected chi connectivity index (χ1v) is 6.47. The van der Waals surface area contributed by atoms with Crippen molar-refractivity contribution in [1.82, 2.24) is 0 Å². The molecule has 1 aromatic carbocycles. The van der Waals surface area contributed by atoms with E-state index in [0.29, 0.717) is 5.92 Å². The molecular formula is C12H8Br2O. The second-order valence-electron chi connectivity index (χ2n) is 4.00.